The predicted molar refractivity (Wildman–Crippen MR) is 47.2 cm³/mol. The van der Waals surface area contributed by atoms with E-state index in [0.717, 1.165) is 5.56 Å². The van der Waals surface area contributed by atoms with E-state index in [1.807, 2.05) is 6.07 Å². The lowest BCUT2D eigenvalue weighted by Crippen LogP contribution is -1.97. The fourth-order valence-electron chi connectivity index (χ4n) is 0.716. The Morgan fingerprint density at radius 2 is 2.09 bits per heavy atom. The van der Waals surface area contributed by atoms with Gasteiger partial charge >= 0.3 is 0 Å². The lowest BCUT2D eigenvalue weighted by molar-refractivity contribution is 0.546. The van der Waals surface area contributed by atoms with E-state index in [2.05, 4.69) is 32.9 Å². The lowest BCUT2D eigenvalue weighted by Gasteiger charge is -2.10. The van der Waals surface area contributed by atoms with E-state index in [9.17, 15) is 0 Å². The van der Waals surface area contributed by atoms with Crippen molar-refractivity contribution >= 4 is 6.08 Å². The summed E-state index contributed by atoms with van der Waals surface area (Å²) in [6, 6.07) is 1.95. The van der Waals surface area contributed by atoms with Crippen molar-refractivity contribution in [3.8, 4) is 0 Å². The minimum absolute atomic E-state index is 0.247. The van der Waals surface area contributed by atoms with E-state index in [-0.39, 0.29) is 5.41 Å². The van der Waals surface area contributed by atoms with Crippen LogP contribution in [-0.2, 0) is 0 Å². The van der Waals surface area contributed by atoms with Crippen molar-refractivity contribution in [3.63, 3.8) is 0 Å². The van der Waals surface area contributed by atoms with Crippen LogP contribution in [0.5, 0.6) is 0 Å². The maximum absolute atomic E-state index is 4.93. The van der Waals surface area contributed by atoms with E-state index < -0.39 is 0 Å². The van der Waals surface area contributed by atoms with Crippen LogP contribution in [0.4, 0.5) is 0 Å². The van der Waals surface area contributed by atoms with Crippen LogP contribution >= 0.6 is 0 Å². The average Bonchev–Trinajstić information content (AvgIpc) is 2.32. The molecule has 0 spiro atoms. The van der Waals surface area contributed by atoms with Crippen molar-refractivity contribution in [1.29, 1.82) is 0 Å². The molecule has 1 nitrogen and oxygen atoms in total. The van der Waals surface area contributed by atoms with Crippen LogP contribution in [0.15, 0.2) is 29.1 Å². The molecule has 0 saturated carbocycles. The summed E-state index contributed by atoms with van der Waals surface area (Å²) in [6.45, 7) is 6.51. The first kappa shape index (κ1) is 8.12. The molecule has 11 heavy (non-hydrogen) atoms. The van der Waals surface area contributed by atoms with Gasteiger partial charge in [-0.15, -0.1) is 0 Å². The predicted octanol–water partition coefficient (Wildman–Crippen LogP) is 3.34. The molecule has 0 N–H and O–H groups in total. The normalized spacial score (nSPS) is 12.6. The van der Waals surface area contributed by atoms with Gasteiger partial charge in [-0.05, 0) is 11.5 Å². The second-order valence-corrected chi connectivity index (χ2v) is 3.76. The quantitative estimate of drug-likeness (QED) is 0.598. The van der Waals surface area contributed by atoms with Gasteiger partial charge in [0.05, 0.1) is 12.5 Å². The summed E-state index contributed by atoms with van der Waals surface area (Å²) in [6.07, 6.45) is 7.66. The fraction of sp³-hybridized carbons (Fsp3) is 0.400. The number of hydrogen-bond donors (Lipinski definition) is 0. The summed E-state index contributed by atoms with van der Waals surface area (Å²) in [4.78, 5) is 0. The van der Waals surface area contributed by atoms with Gasteiger partial charge in [0.1, 0.15) is 0 Å². The third-order valence-electron chi connectivity index (χ3n) is 1.32. The highest BCUT2D eigenvalue weighted by Crippen LogP contribution is 2.16. The smallest absolute Gasteiger partial charge is 0.0974 e. The van der Waals surface area contributed by atoms with E-state index in [4.69, 9.17) is 4.42 Å². The molecule has 0 aliphatic heterocycles. The molecule has 0 atom stereocenters. The molecule has 0 amide bonds. The van der Waals surface area contributed by atoms with Crippen molar-refractivity contribution in [2.75, 3.05) is 0 Å². The van der Waals surface area contributed by atoms with Crippen LogP contribution < -0.4 is 0 Å². The molecule has 0 aliphatic carbocycles. The standard InChI is InChI=1S/C10H14O/c1-10(2,3)6-4-9-5-7-11-8-9/h4-8H,1-3H3/b6-4+. The summed E-state index contributed by atoms with van der Waals surface area (Å²) in [5, 5.41) is 0. The van der Waals surface area contributed by atoms with E-state index >= 15 is 0 Å². The summed E-state index contributed by atoms with van der Waals surface area (Å²) < 4.78 is 4.93. The maximum atomic E-state index is 4.93. The average molecular weight is 150 g/mol. The van der Waals surface area contributed by atoms with E-state index in [0.29, 0.717) is 0 Å². The van der Waals surface area contributed by atoms with Gasteiger partial charge in [-0.1, -0.05) is 32.9 Å². The van der Waals surface area contributed by atoms with E-state index in [1.165, 1.54) is 0 Å². The molecule has 1 aromatic rings. The zero-order valence-corrected chi connectivity index (χ0v) is 7.29. The van der Waals surface area contributed by atoms with Gasteiger partial charge in [0.15, 0.2) is 0 Å². The Labute approximate surface area is 67.7 Å². The number of rotatable bonds is 1. The van der Waals surface area contributed by atoms with Crippen LogP contribution in [0.2, 0.25) is 0 Å². The SMILES string of the molecule is CC(C)(C)/C=C/c1ccoc1. The third kappa shape index (κ3) is 3.08. The highest BCUT2D eigenvalue weighted by atomic mass is 16.3. The molecule has 0 bridgehead atoms. The topological polar surface area (TPSA) is 13.1 Å². The summed E-state index contributed by atoms with van der Waals surface area (Å²) in [7, 11) is 0. The zero-order chi connectivity index (χ0) is 8.32. The summed E-state index contributed by atoms with van der Waals surface area (Å²) in [5.74, 6) is 0. The minimum atomic E-state index is 0.247. The molecule has 1 heteroatoms. The first-order valence-corrected chi connectivity index (χ1v) is 3.79. The van der Waals surface area contributed by atoms with Crippen LogP contribution in [0.1, 0.15) is 26.3 Å². The van der Waals surface area contributed by atoms with Crippen molar-refractivity contribution in [3.05, 3.63) is 30.2 Å². The number of hydrogen-bond acceptors (Lipinski definition) is 1. The second-order valence-electron chi connectivity index (χ2n) is 3.76. The maximum Gasteiger partial charge on any atom is 0.0974 e. The molecule has 0 fully saturated rings. The second kappa shape index (κ2) is 2.95. The molecule has 0 saturated heterocycles. The van der Waals surface area contributed by atoms with Crippen molar-refractivity contribution in [2.24, 2.45) is 5.41 Å². The van der Waals surface area contributed by atoms with E-state index in [1.54, 1.807) is 12.5 Å². The molecule has 0 radical (unpaired) electrons. The van der Waals surface area contributed by atoms with Gasteiger partial charge in [-0.2, -0.15) is 0 Å². The molecule has 1 aromatic heterocycles. The number of furan rings is 1. The molecule has 0 aliphatic rings. The van der Waals surface area contributed by atoms with Crippen LogP contribution in [-0.4, -0.2) is 0 Å². The van der Waals surface area contributed by atoms with Crippen molar-refractivity contribution < 1.29 is 4.42 Å². The highest BCUT2D eigenvalue weighted by molar-refractivity contribution is 5.47. The molecule has 1 rings (SSSR count). The molecule has 1 heterocycles. The van der Waals surface area contributed by atoms with Crippen LogP contribution in [0.25, 0.3) is 6.08 Å². The molecular weight excluding hydrogens is 136 g/mol. The molecule has 0 aromatic carbocycles. The Kier molecular flexibility index (Phi) is 2.18. The molecule has 60 valence electrons. The fourth-order valence-corrected chi connectivity index (χ4v) is 0.716. The van der Waals surface area contributed by atoms with Gasteiger partial charge in [0, 0.05) is 5.56 Å². The Balaban J connectivity index is 2.63. The van der Waals surface area contributed by atoms with Gasteiger partial charge < -0.3 is 4.42 Å². The Morgan fingerprint density at radius 1 is 1.36 bits per heavy atom. The Bertz CT molecular complexity index is 224. The monoisotopic (exact) mass is 150 g/mol. The van der Waals surface area contributed by atoms with Crippen LogP contribution in [0.3, 0.4) is 0 Å². The summed E-state index contributed by atoms with van der Waals surface area (Å²) >= 11 is 0. The largest absolute Gasteiger partial charge is 0.472 e. The Morgan fingerprint density at radius 3 is 2.55 bits per heavy atom. The van der Waals surface area contributed by atoms with Gasteiger partial charge in [0.2, 0.25) is 0 Å². The molecular formula is C10H14O. The zero-order valence-electron chi connectivity index (χ0n) is 7.29. The highest BCUT2D eigenvalue weighted by Gasteiger charge is 2.03. The van der Waals surface area contributed by atoms with Gasteiger partial charge in [0.25, 0.3) is 0 Å². The van der Waals surface area contributed by atoms with Gasteiger partial charge in [-0.3, -0.25) is 0 Å². The van der Waals surface area contributed by atoms with Crippen molar-refractivity contribution in [1.82, 2.24) is 0 Å². The van der Waals surface area contributed by atoms with Crippen molar-refractivity contribution in [2.45, 2.75) is 20.8 Å². The van der Waals surface area contributed by atoms with Gasteiger partial charge in [-0.25, -0.2) is 0 Å². The van der Waals surface area contributed by atoms with Crippen LogP contribution in [0, 0.1) is 5.41 Å². The number of allylic oxidation sites excluding steroid dienone is 1. The first-order valence-electron chi connectivity index (χ1n) is 3.79. The lowest BCUT2D eigenvalue weighted by atomic mass is 9.96. The summed E-state index contributed by atoms with van der Waals surface area (Å²) in [5.41, 5.74) is 1.37. The first-order chi connectivity index (χ1) is 5.08. The Hall–Kier alpha value is -0.980. The minimum Gasteiger partial charge on any atom is -0.472 e. The molecule has 0 unspecified atom stereocenters. The third-order valence-corrected chi connectivity index (χ3v) is 1.32.